The number of aromatic nitrogens is 2. The minimum atomic E-state index is -4.45. The molecule has 114 valence electrons. The number of hydrogen-bond donors (Lipinski definition) is 1. The zero-order valence-electron chi connectivity index (χ0n) is 11.1. The Morgan fingerprint density at radius 3 is 2.76 bits per heavy atom. The predicted octanol–water partition coefficient (Wildman–Crippen LogP) is 3.60. The van der Waals surface area contributed by atoms with Crippen molar-refractivity contribution in [2.45, 2.75) is 6.18 Å². The second-order valence-corrected chi connectivity index (χ2v) is 4.67. The van der Waals surface area contributed by atoms with Crippen LogP contribution in [-0.2, 0) is 10.9 Å². The van der Waals surface area contributed by atoms with Gasteiger partial charge in [-0.2, -0.15) is 13.2 Å². The summed E-state index contributed by atoms with van der Waals surface area (Å²) < 4.78 is 44.9. The first-order valence-corrected chi connectivity index (χ1v) is 6.44. The SMILES string of the molecule is COCCNc1nccn1-c1cc(Cl)cc(C(F)(F)F)c1. The van der Waals surface area contributed by atoms with Crippen LogP contribution in [0.5, 0.6) is 0 Å². The van der Waals surface area contributed by atoms with Crippen molar-refractivity contribution in [1.29, 1.82) is 0 Å². The van der Waals surface area contributed by atoms with E-state index in [4.69, 9.17) is 16.3 Å². The molecule has 0 spiro atoms. The maximum absolute atomic E-state index is 12.8. The highest BCUT2D eigenvalue weighted by atomic mass is 35.5. The summed E-state index contributed by atoms with van der Waals surface area (Å²) in [6.45, 7) is 0.941. The summed E-state index contributed by atoms with van der Waals surface area (Å²) in [7, 11) is 1.56. The van der Waals surface area contributed by atoms with Crippen molar-refractivity contribution in [1.82, 2.24) is 9.55 Å². The van der Waals surface area contributed by atoms with Gasteiger partial charge in [0, 0.05) is 31.1 Å². The van der Waals surface area contributed by atoms with Crippen LogP contribution in [0, 0.1) is 0 Å². The summed E-state index contributed by atoms with van der Waals surface area (Å²) in [5.41, 5.74) is -0.520. The third-order valence-corrected chi connectivity index (χ3v) is 2.94. The minimum absolute atomic E-state index is 0.0105. The maximum Gasteiger partial charge on any atom is 0.416 e. The molecule has 0 radical (unpaired) electrons. The van der Waals surface area contributed by atoms with Crippen LogP contribution in [0.4, 0.5) is 19.1 Å². The lowest BCUT2D eigenvalue weighted by molar-refractivity contribution is -0.137. The Kier molecular flexibility index (Phi) is 4.74. The zero-order chi connectivity index (χ0) is 15.5. The first kappa shape index (κ1) is 15.7. The lowest BCUT2D eigenvalue weighted by Gasteiger charge is -2.13. The molecular formula is C13H13ClF3N3O. The van der Waals surface area contributed by atoms with E-state index < -0.39 is 11.7 Å². The molecule has 4 nitrogen and oxygen atoms in total. The van der Waals surface area contributed by atoms with Gasteiger partial charge in [0.25, 0.3) is 0 Å². The summed E-state index contributed by atoms with van der Waals surface area (Å²) >= 11 is 5.78. The first-order valence-electron chi connectivity index (χ1n) is 6.06. The quantitative estimate of drug-likeness (QED) is 0.856. The number of nitrogens with one attached hydrogen (secondary N) is 1. The summed E-state index contributed by atoms with van der Waals surface area (Å²) in [5.74, 6) is 0.419. The van der Waals surface area contributed by atoms with Crippen LogP contribution in [0.2, 0.25) is 5.02 Å². The van der Waals surface area contributed by atoms with E-state index in [0.717, 1.165) is 12.1 Å². The molecule has 1 aromatic carbocycles. The van der Waals surface area contributed by atoms with Crippen molar-refractivity contribution >= 4 is 17.5 Å². The van der Waals surface area contributed by atoms with Crippen molar-refractivity contribution in [3.8, 4) is 5.69 Å². The van der Waals surface area contributed by atoms with Crippen LogP contribution in [0.15, 0.2) is 30.6 Å². The predicted molar refractivity (Wildman–Crippen MR) is 73.9 cm³/mol. The fourth-order valence-corrected chi connectivity index (χ4v) is 2.01. The molecule has 0 aliphatic rings. The molecule has 2 aromatic rings. The van der Waals surface area contributed by atoms with Crippen molar-refractivity contribution in [3.05, 3.63) is 41.2 Å². The number of halogens is 4. The summed E-state index contributed by atoms with van der Waals surface area (Å²) in [6.07, 6.45) is -1.41. The van der Waals surface area contributed by atoms with Crippen LogP contribution in [0.1, 0.15) is 5.56 Å². The molecule has 0 fully saturated rings. The second kappa shape index (κ2) is 6.36. The highest BCUT2D eigenvalue weighted by Crippen LogP contribution is 2.33. The Morgan fingerprint density at radius 2 is 2.10 bits per heavy atom. The lowest BCUT2D eigenvalue weighted by Crippen LogP contribution is -2.12. The topological polar surface area (TPSA) is 39.1 Å². The van der Waals surface area contributed by atoms with Gasteiger partial charge in [-0.05, 0) is 18.2 Å². The van der Waals surface area contributed by atoms with Gasteiger partial charge in [0.15, 0.2) is 0 Å². The summed E-state index contributed by atoms with van der Waals surface area (Å²) in [4.78, 5) is 4.06. The molecule has 0 saturated heterocycles. The average Bonchev–Trinajstić information content (AvgIpc) is 2.86. The summed E-state index contributed by atoms with van der Waals surface area (Å²) in [6, 6.07) is 3.36. The van der Waals surface area contributed by atoms with Crippen LogP contribution in [0.3, 0.4) is 0 Å². The highest BCUT2D eigenvalue weighted by Gasteiger charge is 2.31. The van der Waals surface area contributed by atoms with E-state index in [-0.39, 0.29) is 10.7 Å². The monoisotopic (exact) mass is 319 g/mol. The van der Waals surface area contributed by atoms with Gasteiger partial charge in [-0.15, -0.1) is 0 Å². The third kappa shape index (κ3) is 3.89. The van der Waals surface area contributed by atoms with Crippen LogP contribution >= 0.6 is 11.6 Å². The third-order valence-electron chi connectivity index (χ3n) is 2.72. The fraction of sp³-hybridized carbons (Fsp3) is 0.308. The number of benzene rings is 1. The minimum Gasteiger partial charge on any atom is -0.383 e. The van der Waals surface area contributed by atoms with Gasteiger partial charge >= 0.3 is 6.18 Å². The molecule has 0 bridgehead atoms. The Morgan fingerprint density at radius 1 is 1.33 bits per heavy atom. The maximum atomic E-state index is 12.8. The molecule has 0 aliphatic carbocycles. The van der Waals surface area contributed by atoms with Crippen molar-refractivity contribution < 1.29 is 17.9 Å². The fourth-order valence-electron chi connectivity index (χ4n) is 1.78. The largest absolute Gasteiger partial charge is 0.416 e. The Labute approximate surface area is 124 Å². The van der Waals surface area contributed by atoms with E-state index in [1.54, 1.807) is 13.3 Å². The highest BCUT2D eigenvalue weighted by molar-refractivity contribution is 6.30. The average molecular weight is 320 g/mol. The Hall–Kier alpha value is -1.73. The molecule has 21 heavy (non-hydrogen) atoms. The molecule has 1 heterocycles. The number of rotatable bonds is 5. The second-order valence-electron chi connectivity index (χ2n) is 4.24. The number of anilines is 1. The van der Waals surface area contributed by atoms with Crippen molar-refractivity contribution in [3.63, 3.8) is 0 Å². The molecular weight excluding hydrogens is 307 g/mol. The lowest BCUT2D eigenvalue weighted by atomic mass is 10.2. The molecule has 2 rings (SSSR count). The van der Waals surface area contributed by atoms with E-state index in [9.17, 15) is 13.2 Å². The van der Waals surface area contributed by atoms with E-state index in [2.05, 4.69) is 10.3 Å². The number of imidazole rings is 1. The van der Waals surface area contributed by atoms with Crippen LogP contribution in [-0.4, -0.2) is 29.8 Å². The zero-order valence-corrected chi connectivity index (χ0v) is 11.9. The number of hydrogen-bond acceptors (Lipinski definition) is 3. The van der Waals surface area contributed by atoms with Gasteiger partial charge in [0.05, 0.1) is 17.9 Å². The molecule has 1 aromatic heterocycles. The number of nitrogens with zero attached hydrogens (tertiary/aromatic N) is 2. The number of alkyl halides is 3. The first-order chi connectivity index (χ1) is 9.91. The normalized spacial score (nSPS) is 11.7. The molecule has 0 amide bonds. The van der Waals surface area contributed by atoms with E-state index >= 15 is 0 Å². The van der Waals surface area contributed by atoms with E-state index in [1.165, 1.54) is 16.8 Å². The van der Waals surface area contributed by atoms with Gasteiger partial charge in [-0.3, -0.25) is 4.57 Å². The molecule has 0 saturated carbocycles. The van der Waals surface area contributed by atoms with Crippen LogP contribution in [0.25, 0.3) is 5.69 Å². The van der Waals surface area contributed by atoms with Gasteiger partial charge < -0.3 is 10.1 Å². The molecule has 0 aliphatic heterocycles. The van der Waals surface area contributed by atoms with Gasteiger partial charge in [0.2, 0.25) is 5.95 Å². The van der Waals surface area contributed by atoms with Gasteiger partial charge in [0.1, 0.15) is 0 Å². The Bertz CT molecular complexity index is 613. The van der Waals surface area contributed by atoms with Crippen LogP contribution < -0.4 is 5.32 Å². The summed E-state index contributed by atoms with van der Waals surface area (Å²) in [5, 5.41) is 2.98. The Balaban J connectivity index is 2.34. The van der Waals surface area contributed by atoms with E-state index in [1.807, 2.05) is 0 Å². The standard InChI is InChI=1S/C13H13ClF3N3O/c1-21-5-3-19-12-18-2-4-20(12)11-7-9(13(15,16)17)6-10(14)8-11/h2,4,6-8H,3,5H2,1H3,(H,18,19). The molecule has 0 unspecified atom stereocenters. The van der Waals surface area contributed by atoms with Gasteiger partial charge in [-0.25, -0.2) is 4.98 Å². The number of methoxy groups -OCH3 is 1. The van der Waals surface area contributed by atoms with Crippen molar-refractivity contribution in [2.75, 3.05) is 25.6 Å². The molecule has 0 atom stereocenters. The number of ether oxygens (including phenoxy) is 1. The van der Waals surface area contributed by atoms with Gasteiger partial charge in [-0.1, -0.05) is 11.6 Å². The van der Waals surface area contributed by atoms with Crippen molar-refractivity contribution in [2.24, 2.45) is 0 Å². The smallest absolute Gasteiger partial charge is 0.383 e. The molecule has 8 heteroatoms. The molecule has 1 N–H and O–H groups in total. The van der Waals surface area contributed by atoms with E-state index in [0.29, 0.717) is 19.1 Å².